The second kappa shape index (κ2) is 4.56. The molecule has 0 spiro atoms. The fraction of sp³-hybridized carbons (Fsp3) is 0.727. The number of Topliss-reactive ketones (excluding diaryl/α,β-unsaturated/α-hetero) is 1. The number of ketones is 1. The average molecular weight is 182 g/mol. The zero-order valence-corrected chi connectivity index (χ0v) is 8.36. The van der Waals surface area contributed by atoms with E-state index in [0.29, 0.717) is 12.3 Å². The summed E-state index contributed by atoms with van der Waals surface area (Å²) >= 11 is 0. The van der Waals surface area contributed by atoms with Crippen LogP contribution in [-0.2, 0) is 4.79 Å². The molecule has 0 saturated heterocycles. The van der Waals surface area contributed by atoms with Gasteiger partial charge in [0.2, 0.25) is 0 Å². The molecule has 1 N–H and O–H groups in total. The molecule has 0 radical (unpaired) electrons. The number of carbonyl (C=O) groups excluding carboxylic acids is 1. The Morgan fingerprint density at radius 2 is 2.38 bits per heavy atom. The van der Waals surface area contributed by atoms with Crippen LogP contribution >= 0.6 is 0 Å². The van der Waals surface area contributed by atoms with E-state index < -0.39 is 6.10 Å². The molecule has 0 aromatic heterocycles. The third-order valence-electron chi connectivity index (χ3n) is 2.77. The molecule has 0 aliphatic heterocycles. The lowest BCUT2D eigenvalue weighted by molar-refractivity contribution is -0.119. The second-order valence-corrected chi connectivity index (χ2v) is 4.00. The number of aliphatic hydroxyl groups excluding tert-OH is 1. The Morgan fingerprint density at radius 3 is 2.92 bits per heavy atom. The highest BCUT2D eigenvalue weighted by molar-refractivity contribution is 5.75. The molecule has 0 aromatic rings. The van der Waals surface area contributed by atoms with E-state index in [-0.39, 0.29) is 11.7 Å². The molecule has 2 heteroatoms. The van der Waals surface area contributed by atoms with Crippen LogP contribution in [-0.4, -0.2) is 17.0 Å². The zero-order chi connectivity index (χ0) is 9.84. The summed E-state index contributed by atoms with van der Waals surface area (Å²) in [5.74, 6) is 0.756. The maximum absolute atomic E-state index is 10.8. The Morgan fingerprint density at radius 1 is 1.69 bits per heavy atom. The van der Waals surface area contributed by atoms with Crippen LogP contribution in [0.15, 0.2) is 12.2 Å². The van der Waals surface area contributed by atoms with Gasteiger partial charge in [-0.3, -0.25) is 4.79 Å². The van der Waals surface area contributed by atoms with Crippen molar-refractivity contribution in [2.75, 3.05) is 0 Å². The minimum atomic E-state index is -0.447. The van der Waals surface area contributed by atoms with Crippen molar-refractivity contribution in [2.24, 2.45) is 11.8 Å². The highest BCUT2D eigenvalue weighted by atomic mass is 16.3. The molecule has 1 unspecified atom stereocenters. The smallest absolute Gasteiger partial charge is 0.132 e. The normalized spacial score (nSPS) is 30.1. The molecule has 74 valence electrons. The first-order valence-corrected chi connectivity index (χ1v) is 4.95. The van der Waals surface area contributed by atoms with Crippen molar-refractivity contribution in [3.8, 4) is 0 Å². The molecule has 0 amide bonds. The maximum atomic E-state index is 10.8. The lowest BCUT2D eigenvalue weighted by atomic mass is 9.80. The van der Waals surface area contributed by atoms with Gasteiger partial charge in [-0.05, 0) is 31.6 Å². The summed E-state index contributed by atoms with van der Waals surface area (Å²) in [4.78, 5) is 10.8. The molecule has 0 bridgehead atoms. The van der Waals surface area contributed by atoms with Crippen LogP contribution < -0.4 is 0 Å². The van der Waals surface area contributed by atoms with Gasteiger partial charge in [-0.15, -0.1) is 0 Å². The lowest BCUT2D eigenvalue weighted by Gasteiger charge is -2.28. The Labute approximate surface area is 79.6 Å². The fourth-order valence-electron chi connectivity index (χ4n) is 1.99. The summed E-state index contributed by atoms with van der Waals surface area (Å²) in [6, 6.07) is 0. The minimum Gasteiger partial charge on any atom is -0.392 e. The summed E-state index contributed by atoms with van der Waals surface area (Å²) < 4.78 is 0. The van der Waals surface area contributed by atoms with Gasteiger partial charge < -0.3 is 5.11 Å². The van der Waals surface area contributed by atoms with Crippen molar-refractivity contribution >= 4 is 5.78 Å². The van der Waals surface area contributed by atoms with E-state index in [9.17, 15) is 9.90 Å². The van der Waals surface area contributed by atoms with Crippen molar-refractivity contribution in [3.05, 3.63) is 12.2 Å². The molecule has 1 aliphatic rings. The summed E-state index contributed by atoms with van der Waals surface area (Å²) in [5.41, 5.74) is 0. The lowest BCUT2D eigenvalue weighted by Crippen LogP contribution is -2.28. The molecule has 0 aromatic carbocycles. The van der Waals surface area contributed by atoms with Gasteiger partial charge in [0, 0.05) is 6.42 Å². The predicted octanol–water partition coefficient (Wildman–Crippen LogP) is 1.93. The number of allylic oxidation sites excluding steroid dienone is 2. The number of carbonyl (C=O) groups is 1. The van der Waals surface area contributed by atoms with Gasteiger partial charge in [0.25, 0.3) is 0 Å². The van der Waals surface area contributed by atoms with Gasteiger partial charge in [0.05, 0.1) is 6.10 Å². The van der Waals surface area contributed by atoms with Crippen LogP contribution in [0.2, 0.25) is 0 Å². The molecule has 0 fully saturated rings. The van der Waals surface area contributed by atoms with E-state index in [1.807, 2.05) is 0 Å². The fourth-order valence-corrected chi connectivity index (χ4v) is 1.99. The van der Waals surface area contributed by atoms with E-state index >= 15 is 0 Å². The molecule has 3 atom stereocenters. The molecule has 1 aliphatic carbocycles. The Bertz CT molecular complexity index is 208. The summed E-state index contributed by atoms with van der Waals surface area (Å²) in [6.07, 6.45) is 6.19. The van der Waals surface area contributed by atoms with Crippen LogP contribution in [0.4, 0.5) is 0 Å². The first-order chi connectivity index (χ1) is 6.11. The predicted molar refractivity (Wildman–Crippen MR) is 52.3 cm³/mol. The SMILES string of the molecule is CC(=O)CC(O)[C@@H]1CCC=C[C@H]1C. The molecule has 2 nitrogen and oxygen atoms in total. The van der Waals surface area contributed by atoms with Gasteiger partial charge in [-0.2, -0.15) is 0 Å². The summed E-state index contributed by atoms with van der Waals surface area (Å²) in [5, 5.41) is 9.76. The van der Waals surface area contributed by atoms with E-state index in [1.54, 1.807) is 0 Å². The average Bonchev–Trinajstić information content (AvgIpc) is 2.03. The molecule has 0 saturated carbocycles. The van der Waals surface area contributed by atoms with Crippen molar-refractivity contribution in [1.82, 2.24) is 0 Å². The first-order valence-electron chi connectivity index (χ1n) is 4.95. The number of rotatable bonds is 3. The van der Waals surface area contributed by atoms with E-state index in [4.69, 9.17) is 0 Å². The maximum Gasteiger partial charge on any atom is 0.132 e. The third kappa shape index (κ3) is 2.96. The summed E-state index contributed by atoms with van der Waals surface area (Å²) in [6.45, 7) is 3.64. The topological polar surface area (TPSA) is 37.3 Å². The zero-order valence-electron chi connectivity index (χ0n) is 8.36. The number of hydrogen-bond acceptors (Lipinski definition) is 2. The van der Waals surface area contributed by atoms with Crippen LogP contribution in [0.5, 0.6) is 0 Å². The van der Waals surface area contributed by atoms with Gasteiger partial charge in [0.15, 0.2) is 0 Å². The third-order valence-corrected chi connectivity index (χ3v) is 2.77. The second-order valence-electron chi connectivity index (χ2n) is 4.00. The molecule has 1 rings (SSSR count). The first kappa shape index (κ1) is 10.5. The van der Waals surface area contributed by atoms with E-state index in [1.165, 1.54) is 6.92 Å². The van der Waals surface area contributed by atoms with Crippen LogP contribution in [0.25, 0.3) is 0 Å². The van der Waals surface area contributed by atoms with Crippen molar-refractivity contribution in [2.45, 2.75) is 39.2 Å². The van der Waals surface area contributed by atoms with Crippen molar-refractivity contribution < 1.29 is 9.90 Å². The quantitative estimate of drug-likeness (QED) is 0.677. The van der Waals surface area contributed by atoms with Crippen molar-refractivity contribution in [3.63, 3.8) is 0 Å². The number of aliphatic hydroxyl groups is 1. The van der Waals surface area contributed by atoms with Crippen LogP contribution in [0.1, 0.15) is 33.1 Å². The molecule has 13 heavy (non-hydrogen) atoms. The largest absolute Gasteiger partial charge is 0.392 e. The minimum absolute atomic E-state index is 0.0780. The highest BCUT2D eigenvalue weighted by Crippen LogP contribution is 2.28. The Hall–Kier alpha value is -0.630. The van der Waals surface area contributed by atoms with Gasteiger partial charge in [-0.1, -0.05) is 19.1 Å². The molecule has 0 heterocycles. The van der Waals surface area contributed by atoms with Gasteiger partial charge >= 0.3 is 0 Å². The Balaban J connectivity index is 2.50. The van der Waals surface area contributed by atoms with Gasteiger partial charge in [-0.25, -0.2) is 0 Å². The van der Waals surface area contributed by atoms with E-state index in [2.05, 4.69) is 19.1 Å². The van der Waals surface area contributed by atoms with E-state index in [0.717, 1.165) is 12.8 Å². The van der Waals surface area contributed by atoms with Crippen LogP contribution in [0.3, 0.4) is 0 Å². The van der Waals surface area contributed by atoms with Gasteiger partial charge in [0.1, 0.15) is 5.78 Å². The molecular weight excluding hydrogens is 164 g/mol. The Kier molecular flexibility index (Phi) is 3.67. The highest BCUT2D eigenvalue weighted by Gasteiger charge is 2.25. The summed E-state index contributed by atoms with van der Waals surface area (Å²) in [7, 11) is 0. The van der Waals surface area contributed by atoms with Crippen LogP contribution in [0, 0.1) is 11.8 Å². The number of hydrogen-bond donors (Lipinski definition) is 1. The monoisotopic (exact) mass is 182 g/mol. The van der Waals surface area contributed by atoms with Crippen molar-refractivity contribution in [1.29, 1.82) is 0 Å². The standard InChI is InChI=1S/C11H18O2/c1-8-5-3-4-6-10(8)11(13)7-9(2)12/h3,5,8,10-11,13H,4,6-7H2,1-2H3/t8-,10-,11?/m1/s1. The molecular formula is C11H18O2.